The number of ether oxygens (including phenoxy) is 1. The molecule has 0 aromatic heterocycles. The van der Waals surface area contributed by atoms with Crippen LogP contribution in [0.15, 0.2) is 77.5 Å². The molecule has 0 fully saturated rings. The molecule has 0 spiro atoms. The van der Waals surface area contributed by atoms with Gasteiger partial charge in [-0.1, -0.05) is 24.3 Å². The average molecular weight is 359 g/mol. The summed E-state index contributed by atoms with van der Waals surface area (Å²) in [5.41, 5.74) is 3.43. The number of rotatable bonds is 4. The van der Waals surface area contributed by atoms with Gasteiger partial charge in [-0.15, -0.1) is 0 Å². The normalized spacial score (nSPS) is 20.2. The number of anilines is 2. The minimum absolute atomic E-state index is 0.0605. The maximum atomic E-state index is 12.5. The number of carbonyl (C=O) groups is 1. The lowest BCUT2D eigenvalue weighted by Gasteiger charge is -2.26. The van der Waals surface area contributed by atoms with Crippen LogP contribution in [0, 0.1) is 6.92 Å². The maximum Gasteiger partial charge on any atom is 0.255 e. The van der Waals surface area contributed by atoms with E-state index in [4.69, 9.17) is 4.74 Å². The highest BCUT2D eigenvalue weighted by Gasteiger charge is 2.30. The topological polar surface area (TPSA) is 53.9 Å². The van der Waals surface area contributed by atoms with Crippen molar-refractivity contribution in [1.29, 1.82) is 0 Å². The first kappa shape index (κ1) is 17.1. The third-order valence-electron chi connectivity index (χ3n) is 4.88. The van der Waals surface area contributed by atoms with Gasteiger partial charge in [0.2, 0.25) is 0 Å². The lowest BCUT2D eigenvalue weighted by atomic mass is 10.0. The summed E-state index contributed by atoms with van der Waals surface area (Å²) >= 11 is 0. The Hall–Kier alpha value is -3.34. The van der Waals surface area contributed by atoms with E-state index in [1.165, 1.54) is 0 Å². The van der Waals surface area contributed by atoms with Crippen LogP contribution < -0.4 is 10.2 Å². The van der Waals surface area contributed by atoms with E-state index in [0.717, 1.165) is 22.7 Å². The summed E-state index contributed by atoms with van der Waals surface area (Å²) in [6, 6.07) is 15.6. The van der Waals surface area contributed by atoms with E-state index in [0.29, 0.717) is 5.56 Å². The SMILES string of the molecule is COC1=CC2N=CN(c3ccc(NC(=O)c4ccccc4C)cc3)C2C=C1. The second kappa shape index (κ2) is 7.11. The van der Waals surface area contributed by atoms with Gasteiger partial charge < -0.3 is 15.0 Å². The van der Waals surface area contributed by atoms with Gasteiger partial charge in [0.15, 0.2) is 0 Å². The molecule has 1 amide bonds. The van der Waals surface area contributed by atoms with Crippen molar-refractivity contribution in [2.75, 3.05) is 17.3 Å². The lowest BCUT2D eigenvalue weighted by Crippen LogP contribution is -2.35. The fourth-order valence-electron chi connectivity index (χ4n) is 3.36. The van der Waals surface area contributed by atoms with Crippen LogP contribution in [0.3, 0.4) is 0 Å². The molecule has 136 valence electrons. The fourth-order valence-corrected chi connectivity index (χ4v) is 3.36. The van der Waals surface area contributed by atoms with Gasteiger partial charge in [-0.05, 0) is 55.0 Å². The molecule has 5 heteroatoms. The van der Waals surface area contributed by atoms with Crippen molar-refractivity contribution >= 4 is 23.6 Å². The van der Waals surface area contributed by atoms with E-state index >= 15 is 0 Å². The third-order valence-corrected chi connectivity index (χ3v) is 4.88. The van der Waals surface area contributed by atoms with Gasteiger partial charge in [-0.2, -0.15) is 0 Å². The quantitative estimate of drug-likeness (QED) is 0.900. The van der Waals surface area contributed by atoms with E-state index in [1.807, 2.05) is 73.9 Å². The van der Waals surface area contributed by atoms with Gasteiger partial charge in [0.05, 0.1) is 25.5 Å². The molecule has 2 atom stereocenters. The Morgan fingerprint density at radius 3 is 2.67 bits per heavy atom. The number of nitrogens with zero attached hydrogens (tertiary/aromatic N) is 2. The lowest BCUT2D eigenvalue weighted by molar-refractivity contribution is 0.102. The number of amides is 1. The molecule has 27 heavy (non-hydrogen) atoms. The maximum absolute atomic E-state index is 12.5. The van der Waals surface area contributed by atoms with Gasteiger partial charge in [-0.3, -0.25) is 9.79 Å². The van der Waals surface area contributed by atoms with E-state index < -0.39 is 0 Å². The van der Waals surface area contributed by atoms with Crippen LogP contribution in [0.25, 0.3) is 0 Å². The smallest absolute Gasteiger partial charge is 0.255 e. The second-order valence-corrected chi connectivity index (χ2v) is 6.60. The molecular weight excluding hydrogens is 338 g/mol. The Kier molecular flexibility index (Phi) is 4.50. The molecule has 0 radical (unpaired) electrons. The number of hydrogen-bond acceptors (Lipinski definition) is 4. The van der Waals surface area contributed by atoms with Gasteiger partial charge in [0, 0.05) is 16.9 Å². The summed E-state index contributed by atoms with van der Waals surface area (Å²) < 4.78 is 5.28. The van der Waals surface area contributed by atoms with Crippen molar-refractivity contribution < 1.29 is 9.53 Å². The molecule has 2 aromatic rings. The van der Waals surface area contributed by atoms with E-state index in [-0.39, 0.29) is 18.0 Å². The highest BCUT2D eigenvalue weighted by atomic mass is 16.5. The Balaban J connectivity index is 1.47. The van der Waals surface area contributed by atoms with Gasteiger partial charge in [0.25, 0.3) is 5.91 Å². The number of carbonyl (C=O) groups excluding carboxylic acids is 1. The van der Waals surface area contributed by atoms with Gasteiger partial charge >= 0.3 is 0 Å². The highest BCUT2D eigenvalue weighted by Crippen LogP contribution is 2.28. The van der Waals surface area contributed by atoms with Crippen molar-refractivity contribution in [1.82, 2.24) is 0 Å². The zero-order valence-electron chi connectivity index (χ0n) is 15.3. The van der Waals surface area contributed by atoms with Crippen molar-refractivity contribution in [3.05, 3.63) is 83.6 Å². The standard InChI is InChI=1S/C22H21N3O2/c1-15-5-3-4-6-19(15)22(26)24-16-7-9-17(10-8-16)25-14-23-20-13-18(27-2)11-12-21(20)25/h3-14,20-21H,1-2H3,(H,24,26). The summed E-state index contributed by atoms with van der Waals surface area (Å²) in [5.74, 6) is 0.737. The van der Waals surface area contributed by atoms with Crippen LogP contribution in [0.4, 0.5) is 11.4 Å². The zero-order chi connectivity index (χ0) is 18.8. The van der Waals surface area contributed by atoms with Crippen LogP contribution in [-0.4, -0.2) is 31.4 Å². The molecule has 0 saturated heterocycles. The molecule has 1 heterocycles. The van der Waals surface area contributed by atoms with Crippen molar-refractivity contribution in [2.24, 2.45) is 4.99 Å². The molecule has 2 aliphatic rings. The molecule has 4 rings (SSSR count). The van der Waals surface area contributed by atoms with Crippen LogP contribution >= 0.6 is 0 Å². The predicted molar refractivity (Wildman–Crippen MR) is 108 cm³/mol. The molecule has 2 unspecified atom stereocenters. The minimum Gasteiger partial charge on any atom is -0.497 e. The first-order valence-corrected chi connectivity index (χ1v) is 8.88. The summed E-state index contributed by atoms with van der Waals surface area (Å²) in [6.07, 6.45) is 7.96. The third kappa shape index (κ3) is 3.36. The molecule has 2 aromatic carbocycles. The summed E-state index contributed by atoms with van der Waals surface area (Å²) in [5, 5.41) is 2.96. The summed E-state index contributed by atoms with van der Waals surface area (Å²) in [6.45, 7) is 1.93. The van der Waals surface area contributed by atoms with Crippen LogP contribution in [0.1, 0.15) is 15.9 Å². The average Bonchev–Trinajstić information content (AvgIpc) is 3.12. The number of allylic oxidation sites excluding steroid dienone is 1. The Morgan fingerprint density at radius 1 is 1.15 bits per heavy atom. The number of methoxy groups -OCH3 is 1. The van der Waals surface area contributed by atoms with Gasteiger partial charge in [0.1, 0.15) is 5.76 Å². The highest BCUT2D eigenvalue weighted by molar-refractivity contribution is 6.05. The van der Waals surface area contributed by atoms with Crippen LogP contribution in [-0.2, 0) is 4.74 Å². The number of benzene rings is 2. The zero-order valence-corrected chi connectivity index (χ0v) is 15.3. The number of aliphatic imine (C=N–C) groups is 1. The summed E-state index contributed by atoms with van der Waals surface area (Å²) in [4.78, 5) is 19.1. The van der Waals surface area contributed by atoms with E-state index in [2.05, 4.69) is 21.3 Å². The van der Waals surface area contributed by atoms with Crippen LogP contribution in [0.2, 0.25) is 0 Å². The summed E-state index contributed by atoms with van der Waals surface area (Å²) in [7, 11) is 1.66. The number of fused-ring (bicyclic) bond motifs is 1. The Bertz CT molecular complexity index is 944. The molecule has 1 N–H and O–H groups in total. The number of aryl methyl sites for hydroxylation is 1. The second-order valence-electron chi connectivity index (χ2n) is 6.60. The number of nitrogens with one attached hydrogen (secondary N) is 1. The molecule has 5 nitrogen and oxygen atoms in total. The largest absolute Gasteiger partial charge is 0.497 e. The Labute approximate surface area is 158 Å². The van der Waals surface area contributed by atoms with Gasteiger partial charge in [-0.25, -0.2) is 0 Å². The van der Waals surface area contributed by atoms with Crippen molar-refractivity contribution in [2.45, 2.75) is 19.0 Å². The van der Waals surface area contributed by atoms with Crippen molar-refractivity contribution in [3.8, 4) is 0 Å². The first-order valence-electron chi connectivity index (χ1n) is 8.88. The molecule has 0 bridgehead atoms. The molecule has 1 aliphatic heterocycles. The first-order chi connectivity index (χ1) is 13.2. The monoisotopic (exact) mass is 359 g/mol. The van der Waals surface area contributed by atoms with E-state index in [1.54, 1.807) is 7.11 Å². The Morgan fingerprint density at radius 2 is 1.93 bits per heavy atom. The van der Waals surface area contributed by atoms with Crippen LogP contribution in [0.5, 0.6) is 0 Å². The van der Waals surface area contributed by atoms with Crippen molar-refractivity contribution in [3.63, 3.8) is 0 Å². The molecular formula is C22H21N3O2. The van der Waals surface area contributed by atoms with E-state index in [9.17, 15) is 4.79 Å². The molecule has 0 saturated carbocycles. The molecule has 1 aliphatic carbocycles. The minimum atomic E-state index is -0.101. The predicted octanol–water partition coefficient (Wildman–Crippen LogP) is 3.93. The fraction of sp³-hybridized carbons (Fsp3) is 0.182. The number of hydrogen-bond donors (Lipinski definition) is 1.